The third kappa shape index (κ3) is 7.23. The van der Waals surface area contributed by atoms with Gasteiger partial charge in [-0.05, 0) is 77.1 Å². The van der Waals surface area contributed by atoms with Gasteiger partial charge in [0.25, 0.3) is 0 Å². The van der Waals surface area contributed by atoms with Gasteiger partial charge >= 0.3 is 0 Å². The quantitative estimate of drug-likeness (QED) is 0.705. The Kier molecular flexibility index (Phi) is 8.86. The molecule has 164 valence electrons. The summed E-state index contributed by atoms with van der Waals surface area (Å²) in [6.07, 6.45) is 5.73. The van der Waals surface area contributed by atoms with Gasteiger partial charge in [-0.2, -0.15) is 0 Å². The van der Waals surface area contributed by atoms with Crippen molar-refractivity contribution in [2.24, 2.45) is 0 Å². The number of aromatic nitrogens is 2. The molecule has 7 nitrogen and oxygen atoms in total. The second-order valence-corrected chi connectivity index (χ2v) is 8.02. The standard InChI is InChI=1S/C18H24N4O2.C5H11N/c1-14-13-20-18(15-3-5-16(23)6-4-15)21-17(14)19-7-2-8-22-9-11-24-12-10-22;1-6-4-2-3-5-6/h3-6,13,23H,2,7-12H2,1H3,(H,19,20,21);2-5H2,1H3. The van der Waals surface area contributed by atoms with E-state index in [0.29, 0.717) is 5.82 Å². The van der Waals surface area contributed by atoms with E-state index in [1.807, 2.05) is 25.3 Å². The van der Waals surface area contributed by atoms with Crippen LogP contribution in [0.3, 0.4) is 0 Å². The average Bonchev–Trinajstić information content (AvgIpc) is 3.25. The zero-order valence-corrected chi connectivity index (χ0v) is 18.3. The topological polar surface area (TPSA) is 73.8 Å². The molecule has 3 heterocycles. The number of morpholine rings is 1. The predicted octanol–water partition coefficient (Wildman–Crippen LogP) is 3.00. The van der Waals surface area contributed by atoms with Gasteiger partial charge in [0.2, 0.25) is 0 Å². The molecule has 0 unspecified atom stereocenters. The summed E-state index contributed by atoms with van der Waals surface area (Å²) in [6, 6.07) is 6.94. The van der Waals surface area contributed by atoms with Crippen LogP contribution in [0.5, 0.6) is 5.75 Å². The van der Waals surface area contributed by atoms with Crippen LogP contribution in [0.25, 0.3) is 11.4 Å². The van der Waals surface area contributed by atoms with E-state index in [1.165, 1.54) is 25.9 Å². The van der Waals surface area contributed by atoms with Crippen LogP contribution in [0.1, 0.15) is 24.8 Å². The predicted molar refractivity (Wildman–Crippen MR) is 121 cm³/mol. The van der Waals surface area contributed by atoms with Crippen molar-refractivity contribution in [1.29, 1.82) is 0 Å². The van der Waals surface area contributed by atoms with Gasteiger partial charge in [-0.15, -0.1) is 0 Å². The number of nitrogens with one attached hydrogen (secondary N) is 1. The van der Waals surface area contributed by atoms with Crippen LogP contribution in [0.15, 0.2) is 30.5 Å². The number of hydrogen-bond acceptors (Lipinski definition) is 7. The van der Waals surface area contributed by atoms with Crippen LogP contribution in [-0.4, -0.2) is 84.4 Å². The van der Waals surface area contributed by atoms with Crippen LogP contribution >= 0.6 is 0 Å². The molecule has 30 heavy (non-hydrogen) atoms. The summed E-state index contributed by atoms with van der Waals surface area (Å²) in [5.74, 6) is 1.78. The Labute approximate surface area is 180 Å². The van der Waals surface area contributed by atoms with Crippen molar-refractivity contribution in [1.82, 2.24) is 19.8 Å². The molecule has 2 N–H and O–H groups in total. The highest BCUT2D eigenvalue weighted by Crippen LogP contribution is 2.21. The summed E-state index contributed by atoms with van der Waals surface area (Å²) in [4.78, 5) is 13.8. The zero-order valence-electron chi connectivity index (χ0n) is 18.3. The fourth-order valence-electron chi connectivity index (χ4n) is 3.58. The molecule has 2 saturated heterocycles. The SMILES string of the molecule is CN1CCCC1.Cc1cnc(-c2ccc(O)cc2)nc1NCCCN1CCOCC1. The average molecular weight is 414 g/mol. The van der Waals surface area contributed by atoms with E-state index in [1.54, 1.807) is 12.1 Å². The third-order valence-corrected chi connectivity index (χ3v) is 5.47. The van der Waals surface area contributed by atoms with Gasteiger partial charge in [0.1, 0.15) is 11.6 Å². The minimum Gasteiger partial charge on any atom is -0.508 e. The lowest BCUT2D eigenvalue weighted by molar-refractivity contribution is 0.0378. The molecular weight excluding hydrogens is 378 g/mol. The molecule has 0 spiro atoms. The van der Waals surface area contributed by atoms with E-state index in [-0.39, 0.29) is 5.75 Å². The highest BCUT2D eigenvalue weighted by Gasteiger charge is 2.10. The Bertz CT molecular complexity index is 757. The number of rotatable bonds is 6. The van der Waals surface area contributed by atoms with Crippen molar-refractivity contribution in [3.05, 3.63) is 36.0 Å². The molecule has 4 rings (SSSR count). The maximum Gasteiger partial charge on any atom is 0.161 e. The van der Waals surface area contributed by atoms with Crippen molar-refractivity contribution in [3.63, 3.8) is 0 Å². The van der Waals surface area contributed by atoms with Crippen molar-refractivity contribution in [2.45, 2.75) is 26.2 Å². The molecule has 2 aliphatic rings. The van der Waals surface area contributed by atoms with Crippen LogP contribution in [0, 0.1) is 6.92 Å². The summed E-state index contributed by atoms with van der Waals surface area (Å²) < 4.78 is 5.36. The third-order valence-electron chi connectivity index (χ3n) is 5.47. The van der Waals surface area contributed by atoms with Crippen molar-refractivity contribution in [3.8, 4) is 17.1 Å². The van der Waals surface area contributed by atoms with Gasteiger partial charge in [0.05, 0.1) is 13.2 Å². The van der Waals surface area contributed by atoms with Crippen LogP contribution in [-0.2, 0) is 4.74 Å². The molecular formula is C23H35N5O2. The Morgan fingerprint density at radius 1 is 1.07 bits per heavy atom. The lowest BCUT2D eigenvalue weighted by atomic mass is 10.2. The first-order valence-electron chi connectivity index (χ1n) is 11.0. The number of aryl methyl sites for hydroxylation is 1. The first kappa shape index (κ1) is 22.5. The molecule has 0 amide bonds. The first-order chi connectivity index (χ1) is 14.6. The van der Waals surface area contributed by atoms with E-state index >= 15 is 0 Å². The molecule has 0 aliphatic carbocycles. The fourth-order valence-corrected chi connectivity index (χ4v) is 3.58. The molecule has 2 aliphatic heterocycles. The minimum atomic E-state index is 0.243. The minimum absolute atomic E-state index is 0.243. The van der Waals surface area contributed by atoms with Gasteiger partial charge in [-0.3, -0.25) is 4.90 Å². The molecule has 0 saturated carbocycles. The number of likely N-dealkylation sites (tertiary alicyclic amines) is 1. The van der Waals surface area contributed by atoms with Gasteiger partial charge < -0.3 is 20.1 Å². The van der Waals surface area contributed by atoms with Crippen molar-refractivity contribution >= 4 is 5.82 Å². The largest absolute Gasteiger partial charge is 0.508 e. The number of benzene rings is 1. The smallest absolute Gasteiger partial charge is 0.161 e. The van der Waals surface area contributed by atoms with E-state index < -0.39 is 0 Å². The van der Waals surface area contributed by atoms with Crippen LogP contribution < -0.4 is 5.32 Å². The Hall–Kier alpha value is -2.22. The number of phenols is 1. The Balaban J connectivity index is 0.000000367. The van der Waals surface area contributed by atoms with E-state index in [9.17, 15) is 5.11 Å². The Morgan fingerprint density at radius 3 is 2.40 bits per heavy atom. The molecule has 0 bridgehead atoms. The van der Waals surface area contributed by atoms with Crippen LogP contribution in [0.4, 0.5) is 5.82 Å². The van der Waals surface area contributed by atoms with Gasteiger partial charge in [-0.25, -0.2) is 9.97 Å². The number of hydrogen-bond donors (Lipinski definition) is 2. The van der Waals surface area contributed by atoms with Gasteiger partial charge in [-0.1, -0.05) is 0 Å². The highest BCUT2D eigenvalue weighted by atomic mass is 16.5. The number of aromatic hydroxyl groups is 1. The van der Waals surface area contributed by atoms with Gasteiger partial charge in [0.15, 0.2) is 5.82 Å². The lowest BCUT2D eigenvalue weighted by Gasteiger charge is -2.26. The summed E-state index contributed by atoms with van der Waals surface area (Å²) in [5, 5.41) is 12.8. The van der Waals surface area contributed by atoms with E-state index in [0.717, 1.165) is 62.8 Å². The fraction of sp³-hybridized carbons (Fsp3) is 0.565. The number of ether oxygens (including phenoxy) is 1. The van der Waals surface area contributed by atoms with Crippen LogP contribution in [0.2, 0.25) is 0 Å². The zero-order chi connectivity index (χ0) is 21.2. The summed E-state index contributed by atoms with van der Waals surface area (Å²) >= 11 is 0. The van der Waals surface area contributed by atoms with Gasteiger partial charge in [0, 0.05) is 37.0 Å². The molecule has 2 fully saturated rings. The molecule has 0 radical (unpaired) electrons. The number of anilines is 1. The van der Waals surface area contributed by atoms with E-state index in [2.05, 4.69) is 32.1 Å². The lowest BCUT2D eigenvalue weighted by Crippen LogP contribution is -2.37. The number of phenolic OH excluding ortho intramolecular Hbond substituents is 1. The summed E-state index contributed by atoms with van der Waals surface area (Å²) in [7, 11) is 2.17. The second kappa shape index (κ2) is 11.8. The Morgan fingerprint density at radius 2 is 1.77 bits per heavy atom. The van der Waals surface area contributed by atoms with E-state index in [4.69, 9.17) is 4.74 Å². The first-order valence-corrected chi connectivity index (χ1v) is 11.0. The maximum atomic E-state index is 9.39. The summed E-state index contributed by atoms with van der Waals surface area (Å²) in [5.41, 5.74) is 1.92. The maximum absolute atomic E-state index is 9.39. The molecule has 1 aromatic heterocycles. The molecule has 2 aromatic rings. The summed E-state index contributed by atoms with van der Waals surface area (Å²) in [6.45, 7) is 10.3. The monoisotopic (exact) mass is 413 g/mol. The molecule has 7 heteroatoms. The highest BCUT2D eigenvalue weighted by molar-refractivity contribution is 5.59. The van der Waals surface area contributed by atoms with Crippen molar-refractivity contribution < 1.29 is 9.84 Å². The normalized spacial score (nSPS) is 17.4. The molecule has 0 atom stereocenters. The number of nitrogens with zero attached hydrogens (tertiary/aromatic N) is 4. The van der Waals surface area contributed by atoms with Crippen molar-refractivity contribution in [2.75, 3.05) is 64.8 Å². The second-order valence-electron chi connectivity index (χ2n) is 8.02. The molecule has 1 aromatic carbocycles.